The molecular formula is C11H23NO. The molecule has 0 aliphatic rings. The van der Waals surface area contributed by atoms with E-state index >= 15 is 0 Å². The highest BCUT2D eigenvalue weighted by atomic mass is 16.1. The van der Waals surface area contributed by atoms with Gasteiger partial charge in [0.1, 0.15) is 5.78 Å². The second-order valence-electron chi connectivity index (χ2n) is 3.96. The molecule has 2 N–H and O–H groups in total. The van der Waals surface area contributed by atoms with E-state index < -0.39 is 0 Å². The van der Waals surface area contributed by atoms with Crippen LogP contribution in [0.5, 0.6) is 0 Å². The molecule has 0 unspecified atom stereocenters. The van der Waals surface area contributed by atoms with E-state index in [0.717, 1.165) is 6.42 Å². The van der Waals surface area contributed by atoms with E-state index in [4.69, 9.17) is 5.73 Å². The maximum Gasteiger partial charge on any atom is 0.146 e. The average molecular weight is 185 g/mol. The van der Waals surface area contributed by atoms with Gasteiger partial charge in [-0.15, -0.1) is 0 Å². The van der Waals surface area contributed by atoms with Gasteiger partial charge in [-0.1, -0.05) is 39.5 Å². The first-order chi connectivity index (χ1) is 6.09. The number of Topliss-reactive ketones (excluding diaryl/α,β-unsaturated/α-hetero) is 1. The van der Waals surface area contributed by atoms with Gasteiger partial charge in [0, 0.05) is 0 Å². The standard InChI is InChI=1S/C11H23NO/c1-4-5-6-7-8-9(2)11(12)10(3)13/h9,11H,4-8,12H2,1-3H3/t9-,11-/m1/s1. The number of carbonyl (C=O) groups excluding carboxylic acids is 1. The van der Waals surface area contributed by atoms with Crippen LogP contribution in [0, 0.1) is 5.92 Å². The Hall–Kier alpha value is -0.370. The lowest BCUT2D eigenvalue weighted by Crippen LogP contribution is -2.35. The summed E-state index contributed by atoms with van der Waals surface area (Å²) in [6, 6.07) is -0.248. The highest BCUT2D eigenvalue weighted by Crippen LogP contribution is 2.13. The smallest absolute Gasteiger partial charge is 0.146 e. The van der Waals surface area contributed by atoms with Crippen LogP contribution in [0.4, 0.5) is 0 Å². The van der Waals surface area contributed by atoms with Crippen LogP contribution in [0.2, 0.25) is 0 Å². The van der Waals surface area contributed by atoms with Gasteiger partial charge >= 0.3 is 0 Å². The molecule has 0 spiro atoms. The summed E-state index contributed by atoms with van der Waals surface area (Å²) >= 11 is 0. The number of hydrogen-bond donors (Lipinski definition) is 1. The van der Waals surface area contributed by atoms with Crippen molar-refractivity contribution in [1.82, 2.24) is 0 Å². The molecule has 0 radical (unpaired) electrons. The number of unbranched alkanes of at least 4 members (excludes halogenated alkanes) is 3. The molecule has 0 aromatic heterocycles. The van der Waals surface area contributed by atoms with Crippen molar-refractivity contribution < 1.29 is 4.79 Å². The molecule has 2 heteroatoms. The minimum absolute atomic E-state index is 0.114. The first kappa shape index (κ1) is 12.6. The van der Waals surface area contributed by atoms with Crippen LogP contribution in [0.3, 0.4) is 0 Å². The zero-order chi connectivity index (χ0) is 10.3. The number of carbonyl (C=O) groups is 1. The van der Waals surface area contributed by atoms with E-state index in [-0.39, 0.29) is 11.8 Å². The molecule has 0 aromatic rings. The third kappa shape index (κ3) is 5.81. The fourth-order valence-electron chi connectivity index (χ4n) is 1.47. The summed E-state index contributed by atoms with van der Waals surface area (Å²) in [5.74, 6) is 0.456. The van der Waals surface area contributed by atoms with E-state index in [1.54, 1.807) is 6.92 Å². The molecule has 0 aliphatic carbocycles. The van der Waals surface area contributed by atoms with Crippen LogP contribution in [0.25, 0.3) is 0 Å². The Balaban J connectivity index is 3.50. The van der Waals surface area contributed by atoms with E-state index in [9.17, 15) is 4.79 Å². The predicted molar refractivity (Wildman–Crippen MR) is 56.6 cm³/mol. The highest BCUT2D eigenvalue weighted by molar-refractivity contribution is 5.81. The van der Waals surface area contributed by atoms with Gasteiger partial charge in [0.25, 0.3) is 0 Å². The van der Waals surface area contributed by atoms with Gasteiger partial charge in [-0.2, -0.15) is 0 Å². The second kappa shape index (κ2) is 7.07. The van der Waals surface area contributed by atoms with Crippen molar-refractivity contribution >= 4 is 5.78 Å². The Labute approximate surface area is 81.9 Å². The Morgan fingerprint density at radius 1 is 1.31 bits per heavy atom. The molecule has 2 atom stereocenters. The molecule has 0 amide bonds. The summed E-state index contributed by atoms with van der Waals surface area (Å²) in [7, 11) is 0. The molecule has 0 saturated carbocycles. The Kier molecular flexibility index (Phi) is 6.87. The lowest BCUT2D eigenvalue weighted by molar-refractivity contribution is -0.119. The minimum Gasteiger partial charge on any atom is -0.321 e. The summed E-state index contributed by atoms with van der Waals surface area (Å²) in [6.07, 6.45) is 6.11. The maximum absolute atomic E-state index is 10.9. The van der Waals surface area contributed by atoms with Crippen molar-refractivity contribution in [2.75, 3.05) is 0 Å². The zero-order valence-electron chi connectivity index (χ0n) is 9.18. The molecule has 13 heavy (non-hydrogen) atoms. The Bertz CT molecular complexity index is 145. The molecule has 0 saturated heterocycles. The van der Waals surface area contributed by atoms with E-state index in [1.807, 2.05) is 0 Å². The molecule has 0 heterocycles. The predicted octanol–water partition coefficient (Wildman–Crippen LogP) is 2.51. The third-order valence-electron chi connectivity index (χ3n) is 2.60. The van der Waals surface area contributed by atoms with Gasteiger partial charge in [0.2, 0.25) is 0 Å². The van der Waals surface area contributed by atoms with Gasteiger partial charge < -0.3 is 5.73 Å². The fourth-order valence-corrected chi connectivity index (χ4v) is 1.47. The van der Waals surface area contributed by atoms with Gasteiger partial charge in [0.15, 0.2) is 0 Å². The monoisotopic (exact) mass is 185 g/mol. The molecular weight excluding hydrogens is 162 g/mol. The highest BCUT2D eigenvalue weighted by Gasteiger charge is 2.15. The van der Waals surface area contributed by atoms with Crippen molar-refractivity contribution in [3.05, 3.63) is 0 Å². The topological polar surface area (TPSA) is 43.1 Å². The van der Waals surface area contributed by atoms with Crippen LogP contribution in [0.1, 0.15) is 52.9 Å². The van der Waals surface area contributed by atoms with Crippen molar-refractivity contribution in [3.8, 4) is 0 Å². The second-order valence-corrected chi connectivity index (χ2v) is 3.96. The van der Waals surface area contributed by atoms with E-state index in [1.165, 1.54) is 25.7 Å². The molecule has 0 aliphatic heterocycles. The minimum atomic E-state index is -0.248. The first-order valence-electron chi connectivity index (χ1n) is 5.35. The van der Waals surface area contributed by atoms with E-state index in [0.29, 0.717) is 5.92 Å². The molecule has 0 fully saturated rings. The van der Waals surface area contributed by atoms with Crippen LogP contribution in [-0.2, 0) is 4.79 Å². The van der Waals surface area contributed by atoms with Crippen molar-refractivity contribution in [1.29, 1.82) is 0 Å². The summed E-state index contributed by atoms with van der Waals surface area (Å²) in [4.78, 5) is 10.9. The maximum atomic E-state index is 10.9. The Morgan fingerprint density at radius 3 is 2.38 bits per heavy atom. The quantitative estimate of drug-likeness (QED) is 0.619. The molecule has 78 valence electrons. The summed E-state index contributed by atoms with van der Waals surface area (Å²) in [5.41, 5.74) is 5.73. The largest absolute Gasteiger partial charge is 0.321 e. The molecule has 0 rings (SSSR count). The van der Waals surface area contributed by atoms with Crippen LogP contribution < -0.4 is 5.73 Å². The van der Waals surface area contributed by atoms with Gasteiger partial charge in [-0.25, -0.2) is 0 Å². The first-order valence-corrected chi connectivity index (χ1v) is 5.35. The molecule has 0 bridgehead atoms. The number of rotatable bonds is 7. The van der Waals surface area contributed by atoms with E-state index in [2.05, 4.69) is 13.8 Å². The van der Waals surface area contributed by atoms with Crippen molar-refractivity contribution in [3.63, 3.8) is 0 Å². The summed E-state index contributed by atoms with van der Waals surface area (Å²) < 4.78 is 0. The van der Waals surface area contributed by atoms with Crippen LogP contribution in [-0.4, -0.2) is 11.8 Å². The van der Waals surface area contributed by atoms with Gasteiger partial charge in [-0.3, -0.25) is 4.79 Å². The van der Waals surface area contributed by atoms with Crippen LogP contribution >= 0.6 is 0 Å². The van der Waals surface area contributed by atoms with Gasteiger partial charge in [0.05, 0.1) is 6.04 Å². The summed E-state index contributed by atoms with van der Waals surface area (Å²) in [5, 5.41) is 0. The number of ketones is 1. The Morgan fingerprint density at radius 2 is 1.92 bits per heavy atom. The number of nitrogens with two attached hydrogens (primary N) is 1. The van der Waals surface area contributed by atoms with Crippen molar-refractivity contribution in [2.24, 2.45) is 11.7 Å². The zero-order valence-corrected chi connectivity index (χ0v) is 9.18. The van der Waals surface area contributed by atoms with Crippen LogP contribution in [0.15, 0.2) is 0 Å². The normalized spacial score (nSPS) is 15.4. The third-order valence-corrected chi connectivity index (χ3v) is 2.60. The van der Waals surface area contributed by atoms with Crippen molar-refractivity contribution in [2.45, 2.75) is 58.9 Å². The summed E-state index contributed by atoms with van der Waals surface area (Å²) in [6.45, 7) is 5.84. The SMILES string of the molecule is CCCCCC[C@@H](C)[C@@H](N)C(C)=O. The fraction of sp³-hybridized carbons (Fsp3) is 0.909. The number of hydrogen-bond acceptors (Lipinski definition) is 2. The molecule has 0 aromatic carbocycles. The lowest BCUT2D eigenvalue weighted by Gasteiger charge is -2.16. The average Bonchev–Trinajstić information content (AvgIpc) is 2.10. The van der Waals surface area contributed by atoms with Gasteiger partial charge in [-0.05, 0) is 19.3 Å². The lowest BCUT2D eigenvalue weighted by atomic mass is 9.93. The molecule has 2 nitrogen and oxygen atoms in total.